The van der Waals surface area contributed by atoms with Crippen molar-refractivity contribution in [3.8, 4) is 17.0 Å². The predicted molar refractivity (Wildman–Crippen MR) is 148 cm³/mol. The summed E-state index contributed by atoms with van der Waals surface area (Å²) in [5.41, 5.74) is 3.09. The summed E-state index contributed by atoms with van der Waals surface area (Å²) in [5.74, 6) is 0.180. The Morgan fingerprint density at radius 1 is 1.15 bits per heavy atom. The van der Waals surface area contributed by atoms with Crippen molar-refractivity contribution in [1.82, 2.24) is 29.5 Å². The lowest BCUT2D eigenvalue weighted by Gasteiger charge is -2.37. The Bertz CT molecular complexity index is 1510. The van der Waals surface area contributed by atoms with E-state index < -0.39 is 5.82 Å². The highest BCUT2D eigenvalue weighted by atomic mass is 35.5. The zero-order valence-corrected chi connectivity index (χ0v) is 22.3. The van der Waals surface area contributed by atoms with Crippen molar-refractivity contribution in [3.63, 3.8) is 0 Å². The van der Waals surface area contributed by atoms with E-state index in [1.807, 2.05) is 15.4 Å². The van der Waals surface area contributed by atoms with Gasteiger partial charge in [-0.15, -0.1) is 0 Å². The van der Waals surface area contributed by atoms with E-state index in [4.69, 9.17) is 16.3 Å². The number of ether oxygens (including phenoxy) is 1. The van der Waals surface area contributed by atoms with Gasteiger partial charge in [0.05, 0.1) is 29.6 Å². The first kappa shape index (κ1) is 25.5. The van der Waals surface area contributed by atoms with Crippen LogP contribution in [0.4, 0.5) is 15.9 Å². The van der Waals surface area contributed by atoms with E-state index in [1.54, 1.807) is 42.9 Å². The summed E-state index contributed by atoms with van der Waals surface area (Å²) >= 11 is 6.59. The number of hydrogen-bond donors (Lipinski definition) is 2. The molecule has 2 fully saturated rings. The van der Waals surface area contributed by atoms with Crippen LogP contribution in [0.5, 0.6) is 5.75 Å². The average Bonchev–Trinajstić information content (AvgIpc) is 3.64. The molecule has 39 heavy (non-hydrogen) atoms. The van der Waals surface area contributed by atoms with Gasteiger partial charge in [-0.2, -0.15) is 0 Å². The highest BCUT2D eigenvalue weighted by Crippen LogP contribution is 2.30. The number of hydrogen-bond acceptors (Lipinski definition) is 7. The highest BCUT2D eigenvalue weighted by Gasteiger charge is 2.29. The first-order valence-electron chi connectivity index (χ1n) is 13.0. The Balaban J connectivity index is 1.17. The van der Waals surface area contributed by atoms with E-state index in [1.165, 1.54) is 13.2 Å². The Labute approximate surface area is 230 Å². The van der Waals surface area contributed by atoms with Gasteiger partial charge in [0.25, 0.3) is 5.91 Å². The third kappa shape index (κ3) is 5.03. The number of aromatic nitrogens is 3. The molecule has 1 unspecified atom stereocenters. The monoisotopic (exact) mass is 549 g/mol. The van der Waals surface area contributed by atoms with E-state index in [0.717, 1.165) is 32.6 Å². The van der Waals surface area contributed by atoms with Crippen LogP contribution >= 0.6 is 11.6 Å². The van der Waals surface area contributed by atoms with E-state index in [9.17, 15) is 9.18 Å². The standard InChI is InChI=1S/C28H29ClFN7O2/c1-39-25-5-2-18(14-23(25)30)24-17-33-27-26(32-8-9-37(24)27)34-19-3-4-21(22(29)15-19)28(38)36-12-10-35(11-13-36)20-6-7-31-16-20/h2-5,8-9,14-15,17,20,31H,6-7,10-13,16H2,1H3,(H,32,34). The first-order valence-corrected chi connectivity index (χ1v) is 13.4. The van der Waals surface area contributed by atoms with Gasteiger partial charge in [-0.05, 0) is 49.4 Å². The van der Waals surface area contributed by atoms with Gasteiger partial charge < -0.3 is 20.3 Å². The van der Waals surface area contributed by atoms with Crippen molar-refractivity contribution in [3.05, 3.63) is 71.4 Å². The van der Waals surface area contributed by atoms with Crippen molar-refractivity contribution < 1.29 is 13.9 Å². The number of nitrogens with one attached hydrogen (secondary N) is 2. The number of benzene rings is 2. The minimum Gasteiger partial charge on any atom is -0.494 e. The molecular weight excluding hydrogens is 521 g/mol. The zero-order valence-electron chi connectivity index (χ0n) is 21.5. The summed E-state index contributed by atoms with van der Waals surface area (Å²) in [4.78, 5) is 26.5. The van der Waals surface area contributed by atoms with Crippen LogP contribution in [-0.4, -0.2) is 82.5 Å². The van der Waals surface area contributed by atoms with Gasteiger partial charge in [0, 0.05) is 62.4 Å². The second kappa shape index (κ2) is 10.8. The van der Waals surface area contributed by atoms with Gasteiger partial charge in [0.15, 0.2) is 23.0 Å². The molecule has 0 saturated carbocycles. The Morgan fingerprint density at radius 3 is 2.72 bits per heavy atom. The van der Waals surface area contributed by atoms with Crippen LogP contribution in [0.25, 0.3) is 16.9 Å². The maximum absolute atomic E-state index is 14.3. The number of amides is 1. The molecule has 9 nitrogen and oxygen atoms in total. The van der Waals surface area contributed by atoms with Crippen molar-refractivity contribution in [1.29, 1.82) is 0 Å². The van der Waals surface area contributed by atoms with Crippen LogP contribution in [0.1, 0.15) is 16.8 Å². The summed E-state index contributed by atoms with van der Waals surface area (Å²) < 4.78 is 21.2. The van der Waals surface area contributed by atoms with Crippen molar-refractivity contribution >= 4 is 34.7 Å². The number of piperazine rings is 1. The molecule has 0 aliphatic carbocycles. The topological polar surface area (TPSA) is 87.0 Å². The molecule has 2 aliphatic heterocycles. The molecule has 202 valence electrons. The average molecular weight is 550 g/mol. The molecule has 2 aromatic heterocycles. The van der Waals surface area contributed by atoms with Gasteiger partial charge in [0.2, 0.25) is 0 Å². The van der Waals surface area contributed by atoms with Crippen LogP contribution in [-0.2, 0) is 0 Å². The number of imidazole rings is 1. The molecule has 2 aliphatic rings. The number of fused-ring (bicyclic) bond motifs is 1. The van der Waals surface area contributed by atoms with Crippen LogP contribution < -0.4 is 15.4 Å². The minimum absolute atomic E-state index is 0.0550. The first-order chi connectivity index (χ1) is 19.0. The van der Waals surface area contributed by atoms with Crippen LogP contribution in [0, 0.1) is 5.82 Å². The number of methoxy groups -OCH3 is 1. The molecule has 0 spiro atoms. The molecule has 2 N–H and O–H groups in total. The van der Waals surface area contributed by atoms with E-state index >= 15 is 0 Å². The SMILES string of the molecule is COc1ccc(-c2cnc3c(Nc4ccc(C(=O)N5CCN(C6CCNC6)CC5)c(Cl)c4)nccn23)cc1F. The number of nitrogens with zero attached hydrogens (tertiary/aromatic N) is 5. The minimum atomic E-state index is -0.449. The van der Waals surface area contributed by atoms with Crippen LogP contribution in [0.3, 0.4) is 0 Å². The fraction of sp³-hybridized carbons (Fsp3) is 0.321. The summed E-state index contributed by atoms with van der Waals surface area (Å²) in [6.45, 7) is 5.22. The fourth-order valence-corrected chi connectivity index (χ4v) is 5.62. The molecule has 2 saturated heterocycles. The summed E-state index contributed by atoms with van der Waals surface area (Å²) in [6, 6.07) is 10.6. The largest absolute Gasteiger partial charge is 0.494 e. The molecule has 1 atom stereocenters. The molecule has 2 aromatic carbocycles. The molecule has 6 rings (SSSR count). The van der Waals surface area contributed by atoms with Crippen molar-refractivity contribution in [2.24, 2.45) is 0 Å². The Morgan fingerprint density at radius 2 is 2.00 bits per heavy atom. The van der Waals surface area contributed by atoms with Gasteiger partial charge in [-0.25, -0.2) is 14.4 Å². The number of anilines is 2. The lowest BCUT2D eigenvalue weighted by molar-refractivity contribution is 0.0584. The van der Waals surface area contributed by atoms with Gasteiger partial charge in [-0.1, -0.05) is 11.6 Å². The summed E-state index contributed by atoms with van der Waals surface area (Å²) in [7, 11) is 1.43. The van der Waals surface area contributed by atoms with E-state index in [0.29, 0.717) is 58.1 Å². The molecule has 11 heteroatoms. The third-order valence-electron chi connectivity index (χ3n) is 7.49. The zero-order chi connectivity index (χ0) is 26.9. The molecule has 0 radical (unpaired) electrons. The molecule has 4 heterocycles. The quantitative estimate of drug-likeness (QED) is 0.375. The predicted octanol–water partition coefficient (Wildman–Crippen LogP) is 4.06. The number of halogens is 2. The number of carbonyl (C=O) groups excluding carboxylic acids is 1. The second-order valence-electron chi connectivity index (χ2n) is 9.76. The summed E-state index contributed by atoms with van der Waals surface area (Å²) in [6.07, 6.45) is 6.24. The maximum Gasteiger partial charge on any atom is 0.255 e. The van der Waals surface area contributed by atoms with Gasteiger partial charge in [-0.3, -0.25) is 14.1 Å². The highest BCUT2D eigenvalue weighted by molar-refractivity contribution is 6.34. The normalized spacial score (nSPS) is 18.0. The van der Waals surface area contributed by atoms with E-state index in [2.05, 4.69) is 25.5 Å². The van der Waals surface area contributed by atoms with Gasteiger partial charge in [0.1, 0.15) is 0 Å². The summed E-state index contributed by atoms with van der Waals surface area (Å²) in [5, 5.41) is 7.04. The lowest BCUT2D eigenvalue weighted by atomic mass is 10.1. The number of rotatable bonds is 6. The smallest absolute Gasteiger partial charge is 0.255 e. The van der Waals surface area contributed by atoms with E-state index in [-0.39, 0.29) is 11.7 Å². The Kier molecular flexibility index (Phi) is 7.07. The molecule has 4 aromatic rings. The van der Waals surface area contributed by atoms with Gasteiger partial charge >= 0.3 is 0 Å². The second-order valence-corrected chi connectivity index (χ2v) is 10.2. The maximum atomic E-state index is 14.3. The molecular formula is C28H29ClFN7O2. The fourth-order valence-electron chi connectivity index (χ4n) is 5.36. The lowest BCUT2D eigenvalue weighted by Crippen LogP contribution is -2.52. The Hall–Kier alpha value is -3.73. The van der Waals surface area contributed by atoms with Crippen molar-refractivity contribution in [2.75, 3.05) is 51.7 Å². The number of carbonyl (C=O) groups is 1. The van der Waals surface area contributed by atoms with Crippen molar-refractivity contribution in [2.45, 2.75) is 12.5 Å². The van der Waals surface area contributed by atoms with Crippen LogP contribution in [0.2, 0.25) is 5.02 Å². The molecule has 0 bridgehead atoms. The molecule has 1 amide bonds. The third-order valence-corrected chi connectivity index (χ3v) is 7.80. The van der Waals surface area contributed by atoms with Crippen LogP contribution in [0.15, 0.2) is 55.0 Å².